The molecule has 0 aliphatic heterocycles. The number of nitrogens with one attached hydrogen (secondary N) is 1. The summed E-state index contributed by atoms with van der Waals surface area (Å²) in [6.07, 6.45) is 3.82. The van der Waals surface area contributed by atoms with E-state index in [9.17, 15) is 0 Å². The van der Waals surface area contributed by atoms with Crippen LogP contribution in [0.25, 0.3) is 5.69 Å². The Labute approximate surface area is 109 Å². The lowest BCUT2D eigenvalue weighted by molar-refractivity contribution is 1.03. The molecular weight excluding hydrogens is 278 g/mol. The van der Waals surface area contributed by atoms with Crippen molar-refractivity contribution in [3.8, 4) is 5.69 Å². The van der Waals surface area contributed by atoms with Crippen molar-refractivity contribution in [1.82, 2.24) is 9.55 Å². The molecule has 1 aromatic carbocycles. The zero-order valence-electron chi connectivity index (χ0n) is 9.65. The van der Waals surface area contributed by atoms with Gasteiger partial charge in [0.25, 0.3) is 0 Å². The Morgan fingerprint density at radius 3 is 2.94 bits per heavy atom. The van der Waals surface area contributed by atoms with Gasteiger partial charge in [0.1, 0.15) is 0 Å². The van der Waals surface area contributed by atoms with E-state index in [1.807, 2.05) is 48.0 Å². The molecule has 88 valence electrons. The third-order valence-electron chi connectivity index (χ3n) is 2.34. The van der Waals surface area contributed by atoms with Crippen LogP contribution in [-0.2, 0) is 0 Å². The van der Waals surface area contributed by atoms with Crippen LogP contribution in [0.2, 0.25) is 0 Å². The van der Waals surface area contributed by atoms with E-state index in [-0.39, 0.29) is 0 Å². The first-order chi connectivity index (χ1) is 8.22. The number of benzene rings is 1. The topological polar surface area (TPSA) is 29.9 Å². The molecule has 0 spiro atoms. The fourth-order valence-electron chi connectivity index (χ4n) is 1.62. The summed E-state index contributed by atoms with van der Waals surface area (Å²) in [7, 11) is 0. The molecule has 17 heavy (non-hydrogen) atoms. The number of nitrogens with zero attached hydrogens (tertiary/aromatic N) is 2. The number of aromatic nitrogens is 2. The SMILES string of the molecule is C=CCNc1nc(C)cn1-c1ccccc1Br. The van der Waals surface area contributed by atoms with Crippen LogP contribution in [0.3, 0.4) is 0 Å². The second kappa shape index (κ2) is 5.19. The summed E-state index contributed by atoms with van der Waals surface area (Å²) in [6, 6.07) is 8.06. The maximum atomic E-state index is 4.45. The van der Waals surface area contributed by atoms with Gasteiger partial charge in [-0.3, -0.25) is 4.57 Å². The van der Waals surface area contributed by atoms with Crippen LogP contribution >= 0.6 is 15.9 Å². The Morgan fingerprint density at radius 2 is 2.24 bits per heavy atom. The minimum absolute atomic E-state index is 0.695. The molecule has 0 saturated carbocycles. The predicted molar refractivity (Wildman–Crippen MR) is 74.7 cm³/mol. The average molecular weight is 292 g/mol. The third-order valence-corrected chi connectivity index (χ3v) is 3.01. The fraction of sp³-hybridized carbons (Fsp3) is 0.154. The molecule has 0 aliphatic rings. The van der Waals surface area contributed by atoms with Crippen molar-refractivity contribution in [3.63, 3.8) is 0 Å². The quantitative estimate of drug-likeness (QED) is 0.873. The summed E-state index contributed by atoms with van der Waals surface area (Å²) < 4.78 is 3.07. The van der Waals surface area contributed by atoms with Crippen LogP contribution in [0, 0.1) is 6.92 Å². The van der Waals surface area contributed by atoms with Crippen LogP contribution in [0.1, 0.15) is 5.69 Å². The molecule has 0 radical (unpaired) electrons. The van der Waals surface area contributed by atoms with E-state index in [2.05, 4.69) is 32.8 Å². The highest BCUT2D eigenvalue weighted by Crippen LogP contribution is 2.24. The van der Waals surface area contributed by atoms with Gasteiger partial charge in [-0.1, -0.05) is 18.2 Å². The number of hydrogen-bond donors (Lipinski definition) is 1. The Bertz CT molecular complexity index is 531. The summed E-state index contributed by atoms with van der Waals surface area (Å²) in [4.78, 5) is 4.45. The molecule has 1 aromatic heterocycles. The molecule has 2 rings (SSSR count). The van der Waals surface area contributed by atoms with Gasteiger partial charge in [-0.15, -0.1) is 6.58 Å². The highest BCUT2D eigenvalue weighted by atomic mass is 79.9. The van der Waals surface area contributed by atoms with Crippen molar-refractivity contribution in [2.75, 3.05) is 11.9 Å². The highest BCUT2D eigenvalue weighted by Gasteiger charge is 2.08. The van der Waals surface area contributed by atoms with Crippen molar-refractivity contribution in [1.29, 1.82) is 0 Å². The van der Waals surface area contributed by atoms with Crippen molar-refractivity contribution in [2.24, 2.45) is 0 Å². The number of halogens is 1. The van der Waals surface area contributed by atoms with Crippen LogP contribution < -0.4 is 5.32 Å². The molecule has 3 nitrogen and oxygen atoms in total. The molecule has 0 saturated heterocycles. The van der Waals surface area contributed by atoms with Crippen molar-refractivity contribution < 1.29 is 0 Å². The van der Waals surface area contributed by atoms with E-state index in [1.165, 1.54) is 0 Å². The van der Waals surface area contributed by atoms with Gasteiger partial charge < -0.3 is 5.32 Å². The second-order valence-electron chi connectivity index (χ2n) is 3.70. The van der Waals surface area contributed by atoms with Crippen LogP contribution in [0.5, 0.6) is 0 Å². The molecule has 0 aliphatic carbocycles. The molecular formula is C13H14BrN3. The predicted octanol–water partition coefficient (Wildman–Crippen LogP) is 3.54. The molecule has 0 amide bonds. The van der Waals surface area contributed by atoms with Crippen molar-refractivity contribution in [2.45, 2.75) is 6.92 Å². The van der Waals surface area contributed by atoms with Gasteiger partial charge in [-0.25, -0.2) is 4.98 Å². The monoisotopic (exact) mass is 291 g/mol. The molecule has 1 N–H and O–H groups in total. The second-order valence-corrected chi connectivity index (χ2v) is 4.55. The lowest BCUT2D eigenvalue weighted by atomic mass is 10.3. The van der Waals surface area contributed by atoms with Gasteiger partial charge in [0.2, 0.25) is 5.95 Å². The molecule has 1 heterocycles. The summed E-state index contributed by atoms with van der Waals surface area (Å²) in [5, 5.41) is 3.22. The molecule has 0 unspecified atom stereocenters. The zero-order chi connectivity index (χ0) is 12.3. The van der Waals surface area contributed by atoms with Gasteiger partial charge in [0.05, 0.1) is 11.4 Å². The zero-order valence-corrected chi connectivity index (χ0v) is 11.2. The normalized spacial score (nSPS) is 10.2. The maximum absolute atomic E-state index is 4.45. The molecule has 0 bridgehead atoms. The van der Waals surface area contributed by atoms with E-state index < -0.39 is 0 Å². The number of imidazole rings is 1. The number of hydrogen-bond acceptors (Lipinski definition) is 2. The highest BCUT2D eigenvalue weighted by molar-refractivity contribution is 9.10. The summed E-state index contributed by atoms with van der Waals surface area (Å²) in [5.41, 5.74) is 2.05. The van der Waals surface area contributed by atoms with Crippen molar-refractivity contribution >= 4 is 21.9 Å². The Hall–Kier alpha value is -1.55. The first-order valence-electron chi connectivity index (χ1n) is 5.38. The molecule has 0 fully saturated rings. The summed E-state index contributed by atoms with van der Waals surface area (Å²) in [6.45, 7) is 6.37. The minimum atomic E-state index is 0.695. The van der Waals surface area contributed by atoms with Gasteiger partial charge in [-0.2, -0.15) is 0 Å². The van der Waals surface area contributed by atoms with E-state index in [1.54, 1.807) is 0 Å². The molecule has 0 atom stereocenters. The van der Waals surface area contributed by atoms with E-state index in [4.69, 9.17) is 0 Å². The van der Waals surface area contributed by atoms with E-state index >= 15 is 0 Å². The number of rotatable bonds is 4. The van der Waals surface area contributed by atoms with Gasteiger partial charge >= 0.3 is 0 Å². The average Bonchev–Trinajstić information content (AvgIpc) is 2.68. The van der Waals surface area contributed by atoms with Gasteiger partial charge in [0.15, 0.2) is 0 Å². The number of anilines is 1. The van der Waals surface area contributed by atoms with Crippen LogP contribution in [0.15, 0.2) is 47.6 Å². The lowest BCUT2D eigenvalue weighted by Gasteiger charge is -2.09. The standard InChI is InChI=1S/C13H14BrN3/c1-3-8-15-13-16-10(2)9-17(13)12-7-5-4-6-11(12)14/h3-7,9H,1,8H2,2H3,(H,15,16). The van der Waals surface area contributed by atoms with Crippen LogP contribution in [-0.4, -0.2) is 16.1 Å². The Kier molecular flexibility index (Phi) is 3.64. The van der Waals surface area contributed by atoms with Gasteiger partial charge in [0, 0.05) is 17.2 Å². The minimum Gasteiger partial charge on any atom is -0.352 e. The Balaban J connectivity index is 2.44. The summed E-state index contributed by atoms with van der Waals surface area (Å²) in [5.74, 6) is 0.828. The first-order valence-corrected chi connectivity index (χ1v) is 6.17. The maximum Gasteiger partial charge on any atom is 0.208 e. The first kappa shape index (κ1) is 11.9. The number of para-hydroxylation sites is 1. The van der Waals surface area contributed by atoms with Gasteiger partial charge in [-0.05, 0) is 35.0 Å². The molecule has 4 heteroatoms. The smallest absolute Gasteiger partial charge is 0.208 e. The van der Waals surface area contributed by atoms with Crippen molar-refractivity contribution in [3.05, 3.63) is 53.3 Å². The van der Waals surface area contributed by atoms with E-state index in [0.29, 0.717) is 6.54 Å². The van der Waals surface area contributed by atoms with E-state index in [0.717, 1.165) is 21.8 Å². The third kappa shape index (κ3) is 2.58. The number of aryl methyl sites for hydroxylation is 1. The lowest BCUT2D eigenvalue weighted by Crippen LogP contribution is -2.05. The summed E-state index contributed by atoms with van der Waals surface area (Å²) >= 11 is 3.55. The Morgan fingerprint density at radius 1 is 1.47 bits per heavy atom. The largest absolute Gasteiger partial charge is 0.352 e. The molecule has 2 aromatic rings. The fourth-order valence-corrected chi connectivity index (χ4v) is 2.09. The van der Waals surface area contributed by atoms with Crippen LogP contribution in [0.4, 0.5) is 5.95 Å².